The predicted octanol–water partition coefficient (Wildman–Crippen LogP) is 4.20. The maximum Gasteiger partial charge on any atom is 0.183 e. The minimum atomic E-state index is 0.669. The van der Waals surface area contributed by atoms with E-state index >= 15 is 0 Å². The van der Waals surface area contributed by atoms with Crippen LogP contribution in [-0.2, 0) is 0 Å². The van der Waals surface area contributed by atoms with Gasteiger partial charge in [0.2, 0.25) is 0 Å². The Hall–Kier alpha value is -3.47. The number of hydrogen-bond donors (Lipinski definition) is 0. The molecule has 0 aliphatic rings. The van der Waals surface area contributed by atoms with Crippen molar-refractivity contribution in [3.63, 3.8) is 0 Å². The fourth-order valence-corrected chi connectivity index (χ4v) is 2.88. The molecule has 0 unspecified atom stereocenters. The molecule has 4 heterocycles. The number of pyridine rings is 1. The predicted molar refractivity (Wildman–Crippen MR) is 91.4 cm³/mol. The summed E-state index contributed by atoms with van der Waals surface area (Å²) in [6.07, 6.45) is 3.39. The van der Waals surface area contributed by atoms with Gasteiger partial charge >= 0.3 is 0 Å². The second kappa shape index (κ2) is 5.03. The maximum absolute atomic E-state index is 5.61. The molecule has 0 spiro atoms. The van der Waals surface area contributed by atoms with Crippen LogP contribution in [0.5, 0.6) is 0 Å². The van der Waals surface area contributed by atoms with Gasteiger partial charge in [-0.2, -0.15) is 0 Å². The molecule has 0 saturated heterocycles. The molecule has 5 nitrogen and oxygen atoms in total. The lowest BCUT2D eigenvalue weighted by molar-refractivity contribution is 0.577. The van der Waals surface area contributed by atoms with E-state index in [2.05, 4.69) is 10.1 Å². The smallest absolute Gasteiger partial charge is 0.183 e. The maximum atomic E-state index is 5.61. The largest absolute Gasteiger partial charge is 0.463 e. The van der Waals surface area contributed by atoms with Gasteiger partial charge in [-0.25, -0.2) is 14.5 Å². The van der Waals surface area contributed by atoms with Gasteiger partial charge in [0.15, 0.2) is 17.1 Å². The molecule has 114 valence electrons. The molecule has 0 atom stereocenters. The highest BCUT2D eigenvalue weighted by Gasteiger charge is 2.15. The molecule has 0 saturated carbocycles. The fraction of sp³-hybridized carbons (Fsp3) is 0. The number of hydrogen-bond acceptors (Lipinski definition) is 4. The normalized spacial score (nSPS) is 11.3. The van der Waals surface area contributed by atoms with Crippen molar-refractivity contribution in [2.75, 3.05) is 0 Å². The SMILES string of the molecule is c1ccc(-c2cc(-c3ccco3)n3nc4ncccc4c3n2)cc1. The number of fused-ring (bicyclic) bond motifs is 3. The zero-order chi connectivity index (χ0) is 15.9. The number of benzene rings is 1. The second-order valence-electron chi connectivity index (χ2n) is 5.48. The number of rotatable bonds is 2. The van der Waals surface area contributed by atoms with Crippen LogP contribution in [0, 0.1) is 0 Å². The van der Waals surface area contributed by atoms with Crippen molar-refractivity contribution < 1.29 is 4.42 Å². The van der Waals surface area contributed by atoms with Crippen molar-refractivity contribution in [1.82, 2.24) is 19.6 Å². The molecule has 5 aromatic rings. The van der Waals surface area contributed by atoms with E-state index in [1.165, 1.54) is 0 Å². The average molecular weight is 312 g/mol. The first kappa shape index (κ1) is 13.0. The van der Waals surface area contributed by atoms with E-state index in [1.807, 2.05) is 60.7 Å². The van der Waals surface area contributed by atoms with E-state index in [9.17, 15) is 0 Å². The van der Waals surface area contributed by atoms with Crippen molar-refractivity contribution in [1.29, 1.82) is 0 Å². The Labute approximate surface area is 137 Å². The van der Waals surface area contributed by atoms with Gasteiger partial charge < -0.3 is 4.42 Å². The first-order valence-electron chi connectivity index (χ1n) is 7.64. The quantitative estimate of drug-likeness (QED) is 0.490. The van der Waals surface area contributed by atoms with E-state index in [0.717, 1.165) is 33.7 Å². The molecule has 5 rings (SSSR count). The summed E-state index contributed by atoms with van der Waals surface area (Å²) in [7, 11) is 0. The molecular weight excluding hydrogens is 300 g/mol. The lowest BCUT2D eigenvalue weighted by atomic mass is 10.1. The highest BCUT2D eigenvalue weighted by atomic mass is 16.3. The van der Waals surface area contributed by atoms with Crippen molar-refractivity contribution >= 4 is 16.7 Å². The molecule has 0 amide bonds. The van der Waals surface area contributed by atoms with Crippen LogP contribution in [0.2, 0.25) is 0 Å². The van der Waals surface area contributed by atoms with Crippen LogP contribution in [0.1, 0.15) is 0 Å². The molecule has 0 N–H and O–H groups in total. The lowest BCUT2D eigenvalue weighted by Gasteiger charge is -2.06. The standard InChI is InChI=1S/C19H12N4O/c1-2-6-13(7-3-1)15-12-16(17-9-5-11-24-17)23-19(21-15)14-8-4-10-20-18(14)22-23/h1-12H. The van der Waals surface area contributed by atoms with Gasteiger partial charge in [-0.15, -0.1) is 5.10 Å². The average Bonchev–Trinajstić information content (AvgIpc) is 3.29. The van der Waals surface area contributed by atoms with Crippen LogP contribution in [0.15, 0.2) is 77.5 Å². The second-order valence-corrected chi connectivity index (χ2v) is 5.48. The number of nitrogens with zero attached hydrogens (tertiary/aromatic N) is 4. The minimum absolute atomic E-state index is 0.669. The molecule has 0 radical (unpaired) electrons. The Kier molecular flexibility index (Phi) is 2.72. The van der Waals surface area contributed by atoms with Crippen LogP contribution in [0.3, 0.4) is 0 Å². The monoisotopic (exact) mass is 312 g/mol. The van der Waals surface area contributed by atoms with Crippen LogP contribution in [0.4, 0.5) is 0 Å². The van der Waals surface area contributed by atoms with Crippen molar-refractivity contribution in [2.24, 2.45) is 0 Å². The number of aromatic nitrogens is 4. The van der Waals surface area contributed by atoms with Crippen molar-refractivity contribution in [3.05, 3.63) is 73.1 Å². The van der Waals surface area contributed by atoms with Gasteiger partial charge in [-0.3, -0.25) is 0 Å². The van der Waals surface area contributed by atoms with Crippen LogP contribution in [0.25, 0.3) is 39.4 Å². The Morgan fingerprint density at radius 1 is 0.917 bits per heavy atom. The molecule has 0 bridgehead atoms. The number of furan rings is 1. The highest BCUT2D eigenvalue weighted by molar-refractivity contribution is 5.91. The van der Waals surface area contributed by atoms with Gasteiger partial charge in [0.25, 0.3) is 0 Å². The van der Waals surface area contributed by atoms with Crippen LogP contribution < -0.4 is 0 Å². The summed E-state index contributed by atoms with van der Waals surface area (Å²) >= 11 is 0. The Morgan fingerprint density at radius 2 is 1.83 bits per heavy atom. The molecule has 0 aliphatic carbocycles. The fourth-order valence-electron chi connectivity index (χ4n) is 2.88. The van der Waals surface area contributed by atoms with Gasteiger partial charge in [0.1, 0.15) is 5.69 Å². The van der Waals surface area contributed by atoms with Gasteiger partial charge in [0, 0.05) is 11.8 Å². The third-order valence-electron chi connectivity index (χ3n) is 3.99. The van der Waals surface area contributed by atoms with E-state index in [4.69, 9.17) is 9.40 Å². The van der Waals surface area contributed by atoms with E-state index in [0.29, 0.717) is 5.65 Å². The minimum Gasteiger partial charge on any atom is -0.463 e. The van der Waals surface area contributed by atoms with Crippen LogP contribution in [-0.4, -0.2) is 19.6 Å². The zero-order valence-corrected chi connectivity index (χ0v) is 12.6. The summed E-state index contributed by atoms with van der Waals surface area (Å²) in [4.78, 5) is 9.16. The first-order valence-corrected chi connectivity index (χ1v) is 7.64. The Morgan fingerprint density at radius 3 is 2.67 bits per heavy atom. The Bertz CT molecular complexity index is 1140. The summed E-state index contributed by atoms with van der Waals surface area (Å²) in [5.74, 6) is 0.743. The first-order chi connectivity index (χ1) is 11.9. The van der Waals surface area contributed by atoms with E-state index in [-0.39, 0.29) is 0 Å². The van der Waals surface area contributed by atoms with Crippen molar-refractivity contribution in [2.45, 2.75) is 0 Å². The molecular formula is C19H12N4O. The zero-order valence-electron chi connectivity index (χ0n) is 12.6. The molecule has 24 heavy (non-hydrogen) atoms. The summed E-state index contributed by atoms with van der Waals surface area (Å²) in [5, 5.41) is 5.51. The molecule has 1 aromatic carbocycles. The lowest BCUT2D eigenvalue weighted by Crippen LogP contribution is -1.97. The third kappa shape index (κ3) is 1.91. The highest BCUT2D eigenvalue weighted by Crippen LogP contribution is 2.29. The van der Waals surface area contributed by atoms with E-state index < -0.39 is 0 Å². The van der Waals surface area contributed by atoms with Crippen LogP contribution >= 0.6 is 0 Å². The topological polar surface area (TPSA) is 56.2 Å². The summed E-state index contributed by atoms with van der Waals surface area (Å²) in [6, 6.07) is 19.7. The van der Waals surface area contributed by atoms with E-state index in [1.54, 1.807) is 17.0 Å². The molecule has 0 aliphatic heterocycles. The third-order valence-corrected chi connectivity index (χ3v) is 3.99. The molecule has 0 fully saturated rings. The van der Waals surface area contributed by atoms with Crippen molar-refractivity contribution in [3.8, 4) is 22.7 Å². The summed E-state index contributed by atoms with van der Waals surface area (Å²) < 4.78 is 7.40. The van der Waals surface area contributed by atoms with Gasteiger partial charge in [-0.1, -0.05) is 30.3 Å². The molecule has 4 aromatic heterocycles. The van der Waals surface area contributed by atoms with Gasteiger partial charge in [0.05, 0.1) is 17.3 Å². The summed E-state index contributed by atoms with van der Waals surface area (Å²) in [5.41, 5.74) is 4.21. The molecule has 5 heteroatoms. The Balaban J connectivity index is 1.91. The van der Waals surface area contributed by atoms with Gasteiger partial charge in [-0.05, 0) is 30.3 Å². The summed E-state index contributed by atoms with van der Waals surface area (Å²) in [6.45, 7) is 0.